The Kier molecular flexibility index (Phi) is 5.21. The van der Waals surface area contributed by atoms with E-state index in [0.717, 1.165) is 23.4 Å². The quantitative estimate of drug-likeness (QED) is 0.626. The molecule has 0 saturated heterocycles. The third-order valence-electron chi connectivity index (χ3n) is 4.00. The van der Waals surface area contributed by atoms with Crippen LogP contribution >= 0.6 is 15.9 Å². The maximum absolute atomic E-state index is 5.73. The van der Waals surface area contributed by atoms with Crippen LogP contribution in [0.15, 0.2) is 10.7 Å². The van der Waals surface area contributed by atoms with Crippen molar-refractivity contribution in [3.05, 3.63) is 16.4 Å². The molecule has 1 unspecified atom stereocenters. The minimum absolute atomic E-state index is 0.197. The molecule has 0 bridgehead atoms. The van der Waals surface area contributed by atoms with Gasteiger partial charge in [0.05, 0.1) is 22.4 Å². The van der Waals surface area contributed by atoms with Crippen molar-refractivity contribution in [3.63, 3.8) is 0 Å². The highest BCUT2D eigenvalue weighted by molar-refractivity contribution is 9.10. The van der Waals surface area contributed by atoms with E-state index in [0.29, 0.717) is 0 Å². The largest absolute Gasteiger partial charge is 0.271 e. The van der Waals surface area contributed by atoms with Crippen LogP contribution in [0.1, 0.15) is 57.2 Å². The second-order valence-electron chi connectivity index (χ2n) is 5.14. The van der Waals surface area contributed by atoms with Gasteiger partial charge >= 0.3 is 0 Å². The smallest absolute Gasteiger partial charge is 0.0709 e. The SMILES string of the molecule is CCn1ncc(Br)c1C(CCC1CCCC1)NN. The highest BCUT2D eigenvalue weighted by Gasteiger charge is 2.21. The third kappa shape index (κ3) is 3.13. The first-order valence-corrected chi connectivity index (χ1v) is 7.72. The first-order valence-electron chi connectivity index (χ1n) is 6.93. The number of hydrogen-bond acceptors (Lipinski definition) is 3. The standard InChI is InChI=1S/C13H23BrN4/c1-2-18-13(11(14)9-16-18)12(17-15)8-7-10-5-3-4-6-10/h9-10,12,17H,2-8,15H2,1H3. The molecule has 1 aliphatic rings. The fourth-order valence-corrected chi connectivity index (χ4v) is 3.54. The van der Waals surface area contributed by atoms with Crippen molar-refractivity contribution >= 4 is 15.9 Å². The molecule has 102 valence electrons. The lowest BCUT2D eigenvalue weighted by Gasteiger charge is -2.19. The maximum Gasteiger partial charge on any atom is 0.0709 e. The minimum atomic E-state index is 0.197. The van der Waals surface area contributed by atoms with Crippen LogP contribution in [-0.2, 0) is 6.54 Å². The lowest BCUT2D eigenvalue weighted by molar-refractivity contribution is 0.397. The Hall–Kier alpha value is -0.390. The van der Waals surface area contributed by atoms with E-state index in [4.69, 9.17) is 5.84 Å². The number of nitrogens with one attached hydrogen (secondary N) is 1. The molecule has 5 heteroatoms. The predicted octanol–water partition coefficient (Wildman–Crippen LogP) is 3.14. The van der Waals surface area contributed by atoms with Crippen LogP contribution in [0.2, 0.25) is 0 Å². The Morgan fingerprint density at radius 3 is 2.89 bits per heavy atom. The second-order valence-corrected chi connectivity index (χ2v) is 5.99. The zero-order valence-electron chi connectivity index (χ0n) is 11.0. The highest BCUT2D eigenvalue weighted by Crippen LogP contribution is 2.32. The summed E-state index contributed by atoms with van der Waals surface area (Å²) in [6.45, 7) is 2.98. The zero-order valence-corrected chi connectivity index (χ0v) is 12.6. The lowest BCUT2D eigenvalue weighted by Crippen LogP contribution is -2.30. The average Bonchev–Trinajstić information content (AvgIpc) is 3.01. The van der Waals surface area contributed by atoms with E-state index in [1.165, 1.54) is 37.8 Å². The zero-order chi connectivity index (χ0) is 13.0. The van der Waals surface area contributed by atoms with Crippen LogP contribution in [0, 0.1) is 5.92 Å². The van der Waals surface area contributed by atoms with E-state index in [2.05, 4.69) is 33.4 Å². The molecule has 1 heterocycles. The van der Waals surface area contributed by atoms with Crippen molar-refractivity contribution in [2.75, 3.05) is 0 Å². The number of nitrogens with zero attached hydrogens (tertiary/aromatic N) is 2. The molecule has 1 saturated carbocycles. The molecule has 0 aromatic carbocycles. The summed E-state index contributed by atoms with van der Waals surface area (Å²) >= 11 is 3.57. The van der Waals surface area contributed by atoms with Crippen molar-refractivity contribution in [2.24, 2.45) is 11.8 Å². The summed E-state index contributed by atoms with van der Waals surface area (Å²) in [6, 6.07) is 0.197. The molecule has 0 radical (unpaired) electrons. The van der Waals surface area contributed by atoms with Crippen molar-refractivity contribution in [1.82, 2.24) is 15.2 Å². The molecule has 0 spiro atoms. The normalized spacial score (nSPS) is 18.4. The summed E-state index contributed by atoms with van der Waals surface area (Å²) in [5, 5.41) is 4.36. The van der Waals surface area contributed by atoms with Gasteiger partial charge in [0.25, 0.3) is 0 Å². The van der Waals surface area contributed by atoms with E-state index in [-0.39, 0.29) is 6.04 Å². The summed E-state index contributed by atoms with van der Waals surface area (Å²) in [5.41, 5.74) is 4.13. The molecule has 1 atom stereocenters. The molecular formula is C13H23BrN4. The molecule has 1 aromatic heterocycles. The molecule has 0 aliphatic heterocycles. The van der Waals surface area contributed by atoms with Crippen LogP contribution in [0.5, 0.6) is 0 Å². The Morgan fingerprint density at radius 2 is 2.28 bits per heavy atom. The molecule has 1 aliphatic carbocycles. The first-order chi connectivity index (χ1) is 8.76. The monoisotopic (exact) mass is 314 g/mol. The summed E-state index contributed by atoms with van der Waals surface area (Å²) in [6.07, 6.45) is 9.81. The number of halogens is 1. The van der Waals surface area contributed by atoms with Gasteiger partial charge in [0.2, 0.25) is 0 Å². The van der Waals surface area contributed by atoms with Gasteiger partial charge in [-0.2, -0.15) is 5.10 Å². The van der Waals surface area contributed by atoms with Gasteiger partial charge in [0, 0.05) is 6.54 Å². The van der Waals surface area contributed by atoms with Crippen LogP contribution in [0.25, 0.3) is 0 Å². The fraction of sp³-hybridized carbons (Fsp3) is 0.769. The van der Waals surface area contributed by atoms with Crippen molar-refractivity contribution < 1.29 is 0 Å². The number of rotatable bonds is 6. The number of hydrogen-bond donors (Lipinski definition) is 2. The predicted molar refractivity (Wildman–Crippen MR) is 76.9 cm³/mol. The van der Waals surface area contributed by atoms with E-state index < -0.39 is 0 Å². The van der Waals surface area contributed by atoms with Gasteiger partial charge in [-0.25, -0.2) is 0 Å². The average molecular weight is 315 g/mol. The van der Waals surface area contributed by atoms with Gasteiger partial charge < -0.3 is 0 Å². The number of aromatic nitrogens is 2. The van der Waals surface area contributed by atoms with E-state index in [1.807, 2.05) is 10.9 Å². The molecule has 3 N–H and O–H groups in total. The Labute approximate surface area is 117 Å². The van der Waals surface area contributed by atoms with E-state index in [9.17, 15) is 0 Å². The van der Waals surface area contributed by atoms with Crippen LogP contribution in [-0.4, -0.2) is 9.78 Å². The van der Waals surface area contributed by atoms with Crippen LogP contribution in [0.3, 0.4) is 0 Å². The number of hydrazine groups is 1. The molecule has 4 nitrogen and oxygen atoms in total. The summed E-state index contributed by atoms with van der Waals surface area (Å²) in [5.74, 6) is 6.63. The molecule has 2 rings (SSSR count). The second kappa shape index (κ2) is 6.68. The summed E-state index contributed by atoms with van der Waals surface area (Å²) < 4.78 is 3.07. The van der Waals surface area contributed by atoms with Gasteiger partial charge in [-0.3, -0.25) is 16.0 Å². The minimum Gasteiger partial charge on any atom is -0.271 e. The third-order valence-corrected chi connectivity index (χ3v) is 4.61. The molecule has 0 amide bonds. The maximum atomic E-state index is 5.73. The van der Waals surface area contributed by atoms with Crippen molar-refractivity contribution in [1.29, 1.82) is 0 Å². The van der Waals surface area contributed by atoms with Gasteiger partial charge in [0.1, 0.15) is 0 Å². The Bertz CT molecular complexity index is 371. The van der Waals surface area contributed by atoms with E-state index in [1.54, 1.807) is 0 Å². The van der Waals surface area contributed by atoms with Crippen molar-refractivity contribution in [3.8, 4) is 0 Å². The number of aryl methyl sites for hydroxylation is 1. The Morgan fingerprint density at radius 1 is 1.56 bits per heavy atom. The number of nitrogens with two attached hydrogens (primary N) is 1. The molecule has 1 fully saturated rings. The summed E-state index contributed by atoms with van der Waals surface area (Å²) in [4.78, 5) is 0. The van der Waals surface area contributed by atoms with Gasteiger partial charge in [0.15, 0.2) is 0 Å². The van der Waals surface area contributed by atoms with Crippen LogP contribution in [0.4, 0.5) is 0 Å². The van der Waals surface area contributed by atoms with Gasteiger partial charge in [-0.05, 0) is 41.6 Å². The van der Waals surface area contributed by atoms with Crippen LogP contribution < -0.4 is 11.3 Å². The van der Waals surface area contributed by atoms with Gasteiger partial charge in [-0.1, -0.05) is 25.7 Å². The van der Waals surface area contributed by atoms with Crippen molar-refractivity contribution in [2.45, 2.75) is 58.0 Å². The summed E-state index contributed by atoms with van der Waals surface area (Å²) in [7, 11) is 0. The first kappa shape index (κ1) is 14.0. The lowest BCUT2D eigenvalue weighted by atomic mass is 9.97. The molecule has 18 heavy (non-hydrogen) atoms. The van der Waals surface area contributed by atoms with Gasteiger partial charge in [-0.15, -0.1) is 0 Å². The topological polar surface area (TPSA) is 55.9 Å². The fourth-order valence-electron chi connectivity index (χ4n) is 2.97. The molecular weight excluding hydrogens is 292 g/mol. The molecule has 1 aromatic rings. The highest BCUT2D eigenvalue weighted by atomic mass is 79.9. The Balaban J connectivity index is 2.00. The van der Waals surface area contributed by atoms with E-state index >= 15 is 0 Å².